The Morgan fingerprint density at radius 1 is 1.16 bits per heavy atom. The normalized spacial score (nSPS) is 14.8. The Labute approximate surface area is 118 Å². The lowest BCUT2D eigenvalue weighted by Crippen LogP contribution is -2.35. The molecule has 1 rings (SSSR count). The van der Waals surface area contributed by atoms with Crippen LogP contribution < -0.4 is 5.32 Å². The van der Waals surface area contributed by atoms with Gasteiger partial charge in [-0.05, 0) is 44.2 Å². The van der Waals surface area contributed by atoms with Gasteiger partial charge in [-0.25, -0.2) is 0 Å². The van der Waals surface area contributed by atoms with Crippen molar-refractivity contribution in [1.82, 2.24) is 15.1 Å². The number of nitrogens with zero attached hydrogens (tertiary/aromatic N) is 2. The van der Waals surface area contributed by atoms with Crippen molar-refractivity contribution in [3.63, 3.8) is 0 Å². The summed E-state index contributed by atoms with van der Waals surface area (Å²) >= 11 is 0. The van der Waals surface area contributed by atoms with Gasteiger partial charge in [0.05, 0.1) is 11.7 Å². The minimum atomic E-state index is 0.555. The Bertz CT molecular complexity index is 342. The van der Waals surface area contributed by atoms with Gasteiger partial charge in [0.2, 0.25) is 0 Å². The van der Waals surface area contributed by atoms with Gasteiger partial charge < -0.3 is 5.32 Å². The average Bonchev–Trinajstić information content (AvgIpc) is 2.85. The molecule has 0 fully saturated rings. The summed E-state index contributed by atoms with van der Waals surface area (Å²) in [5.41, 5.74) is 1.23. The summed E-state index contributed by atoms with van der Waals surface area (Å²) in [6.45, 7) is 12.3. The highest BCUT2D eigenvalue weighted by Gasteiger charge is 2.16. The predicted molar refractivity (Wildman–Crippen MR) is 82.5 cm³/mol. The zero-order valence-corrected chi connectivity index (χ0v) is 13.3. The van der Waals surface area contributed by atoms with Gasteiger partial charge in [-0.3, -0.25) is 4.68 Å². The molecule has 0 spiro atoms. The second-order valence-electron chi connectivity index (χ2n) is 5.51. The Kier molecular flexibility index (Phi) is 7.14. The minimum absolute atomic E-state index is 0.555. The first-order chi connectivity index (χ1) is 9.15. The summed E-state index contributed by atoms with van der Waals surface area (Å²) in [5.74, 6) is 0.634. The van der Waals surface area contributed by atoms with E-state index < -0.39 is 0 Å². The van der Waals surface area contributed by atoms with E-state index in [1.165, 1.54) is 12.1 Å². The van der Waals surface area contributed by atoms with E-state index in [1.807, 2.05) is 0 Å². The summed E-state index contributed by atoms with van der Waals surface area (Å²) in [7, 11) is 0. The molecule has 0 aliphatic carbocycles. The third-order valence-electron chi connectivity index (χ3n) is 4.10. The monoisotopic (exact) mass is 265 g/mol. The van der Waals surface area contributed by atoms with Crippen LogP contribution in [0, 0.1) is 5.92 Å². The van der Waals surface area contributed by atoms with Crippen molar-refractivity contribution in [2.45, 2.75) is 72.4 Å². The Hall–Kier alpha value is -0.830. The molecule has 1 N–H and O–H groups in total. The Morgan fingerprint density at radius 3 is 2.37 bits per heavy atom. The van der Waals surface area contributed by atoms with E-state index in [2.05, 4.69) is 56.9 Å². The number of nitrogens with one attached hydrogen (secondary N) is 1. The van der Waals surface area contributed by atoms with Crippen LogP contribution >= 0.6 is 0 Å². The predicted octanol–water partition coefficient (Wildman–Crippen LogP) is 3.81. The fourth-order valence-corrected chi connectivity index (χ4v) is 2.83. The molecule has 0 aliphatic rings. The van der Waals surface area contributed by atoms with Crippen molar-refractivity contribution >= 4 is 0 Å². The van der Waals surface area contributed by atoms with Crippen LogP contribution in [0.1, 0.15) is 65.6 Å². The first-order valence-corrected chi connectivity index (χ1v) is 7.93. The van der Waals surface area contributed by atoms with Crippen molar-refractivity contribution in [2.75, 3.05) is 6.54 Å². The molecule has 0 aromatic carbocycles. The highest BCUT2D eigenvalue weighted by molar-refractivity contribution is 5.02. The quantitative estimate of drug-likeness (QED) is 0.736. The van der Waals surface area contributed by atoms with E-state index in [9.17, 15) is 0 Å². The molecule has 0 radical (unpaired) electrons. The van der Waals surface area contributed by atoms with Crippen LogP contribution in [0.4, 0.5) is 0 Å². The van der Waals surface area contributed by atoms with Gasteiger partial charge in [0.1, 0.15) is 0 Å². The van der Waals surface area contributed by atoms with Crippen LogP contribution in [-0.4, -0.2) is 22.4 Å². The van der Waals surface area contributed by atoms with Crippen molar-refractivity contribution in [1.29, 1.82) is 0 Å². The zero-order chi connectivity index (χ0) is 14.3. The van der Waals surface area contributed by atoms with E-state index in [-0.39, 0.29) is 0 Å². The first kappa shape index (κ1) is 16.2. The van der Waals surface area contributed by atoms with Crippen LogP contribution in [-0.2, 0) is 6.42 Å². The van der Waals surface area contributed by atoms with Crippen LogP contribution in [0.15, 0.2) is 12.3 Å². The number of hydrogen-bond donors (Lipinski definition) is 1. The maximum atomic E-state index is 4.76. The van der Waals surface area contributed by atoms with Crippen LogP contribution in [0.2, 0.25) is 0 Å². The van der Waals surface area contributed by atoms with Crippen LogP contribution in [0.3, 0.4) is 0 Å². The van der Waals surface area contributed by atoms with Gasteiger partial charge in [0, 0.05) is 12.2 Å². The van der Waals surface area contributed by atoms with Gasteiger partial charge in [-0.15, -0.1) is 0 Å². The second kappa shape index (κ2) is 8.36. The lowest BCUT2D eigenvalue weighted by molar-refractivity contribution is 0.364. The number of hydrogen-bond acceptors (Lipinski definition) is 2. The molecule has 3 nitrogen and oxygen atoms in total. The molecule has 0 saturated heterocycles. The molecular weight excluding hydrogens is 234 g/mol. The molecule has 1 aromatic rings. The van der Waals surface area contributed by atoms with E-state index >= 15 is 0 Å². The van der Waals surface area contributed by atoms with E-state index in [0.717, 1.165) is 25.8 Å². The second-order valence-corrected chi connectivity index (χ2v) is 5.51. The lowest BCUT2D eigenvalue weighted by atomic mass is 9.95. The fraction of sp³-hybridized carbons (Fsp3) is 0.812. The molecule has 1 aromatic heterocycles. The summed E-state index contributed by atoms with van der Waals surface area (Å²) < 4.78 is 2.15. The van der Waals surface area contributed by atoms with E-state index in [1.54, 1.807) is 0 Å². The fourth-order valence-electron chi connectivity index (χ4n) is 2.83. The molecule has 110 valence electrons. The molecule has 1 heterocycles. The van der Waals surface area contributed by atoms with Gasteiger partial charge in [-0.1, -0.05) is 34.6 Å². The van der Waals surface area contributed by atoms with Gasteiger partial charge in [0.15, 0.2) is 0 Å². The van der Waals surface area contributed by atoms with Crippen molar-refractivity contribution in [3.8, 4) is 0 Å². The van der Waals surface area contributed by atoms with E-state index in [4.69, 9.17) is 5.10 Å². The summed E-state index contributed by atoms with van der Waals surface area (Å²) in [6, 6.07) is 3.34. The summed E-state index contributed by atoms with van der Waals surface area (Å²) in [4.78, 5) is 0. The standard InChI is InChI=1S/C16H31N3/c1-6-15(7-2)19-11-10-14(18-19)12-13(5)16(8-3)17-9-4/h10-11,13,15-17H,6-9,12H2,1-5H3. The molecule has 2 atom stereocenters. The van der Waals surface area contributed by atoms with Gasteiger partial charge >= 0.3 is 0 Å². The van der Waals surface area contributed by atoms with Crippen molar-refractivity contribution in [2.24, 2.45) is 5.92 Å². The zero-order valence-electron chi connectivity index (χ0n) is 13.3. The van der Waals surface area contributed by atoms with Crippen LogP contribution in [0.5, 0.6) is 0 Å². The molecule has 3 heteroatoms. The highest BCUT2D eigenvalue weighted by atomic mass is 15.3. The molecule has 2 unspecified atom stereocenters. The molecule has 0 bridgehead atoms. The molecule has 0 amide bonds. The minimum Gasteiger partial charge on any atom is -0.314 e. The maximum absolute atomic E-state index is 4.76. The number of aromatic nitrogens is 2. The maximum Gasteiger partial charge on any atom is 0.0627 e. The van der Waals surface area contributed by atoms with Gasteiger partial charge in [-0.2, -0.15) is 5.10 Å². The molecule has 19 heavy (non-hydrogen) atoms. The van der Waals surface area contributed by atoms with Crippen LogP contribution in [0.25, 0.3) is 0 Å². The summed E-state index contributed by atoms with van der Waals surface area (Å²) in [5, 5.41) is 8.33. The highest BCUT2D eigenvalue weighted by Crippen LogP contribution is 2.17. The van der Waals surface area contributed by atoms with Crippen molar-refractivity contribution in [3.05, 3.63) is 18.0 Å². The van der Waals surface area contributed by atoms with E-state index in [0.29, 0.717) is 18.0 Å². The lowest BCUT2D eigenvalue weighted by Gasteiger charge is -2.22. The smallest absolute Gasteiger partial charge is 0.0627 e. The number of rotatable bonds is 9. The summed E-state index contributed by atoms with van der Waals surface area (Å²) in [6.07, 6.45) is 6.71. The molecule has 0 aliphatic heterocycles. The molecule has 0 saturated carbocycles. The first-order valence-electron chi connectivity index (χ1n) is 7.93. The molecular formula is C16H31N3. The van der Waals surface area contributed by atoms with Gasteiger partial charge in [0.25, 0.3) is 0 Å². The Balaban J connectivity index is 2.62. The topological polar surface area (TPSA) is 29.9 Å². The average molecular weight is 265 g/mol. The SMILES string of the molecule is CCNC(CC)C(C)Cc1ccn(C(CC)CC)n1. The third kappa shape index (κ3) is 4.64. The third-order valence-corrected chi connectivity index (χ3v) is 4.10. The largest absolute Gasteiger partial charge is 0.314 e. The Morgan fingerprint density at radius 2 is 1.84 bits per heavy atom. The van der Waals surface area contributed by atoms with Crippen molar-refractivity contribution < 1.29 is 0 Å².